The summed E-state index contributed by atoms with van der Waals surface area (Å²) in [6.45, 7) is 0.314. The Kier molecular flexibility index (Phi) is 4.25. The molecule has 1 N–H and O–H groups in total. The first-order chi connectivity index (χ1) is 6.56. The van der Waals surface area contributed by atoms with E-state index in [4.69, 9.17) is 11.6 Å². The number of benzene rings is 1. The number of thiol groups is 1. The van der Waals surface area contributed by atoms with Crippen molar-refractivity contribution in [3.8, 4) is 0 Å². The van der Waals surface area contributed by atoms with Gasteiger partial charge in [-0.3, -0.25) is 0 Å². The summed E-state index contributed by atoms with van der Waals surface area (Å²) in [5.74, 6) is 0.465. The smallest absolute Gasteiger partial charge is 0.210 e. The molecular weight excluding hydrogens is 242 g/mol. The van der Waals surface area contributed by atoms with Crippen molar-refractivity contribution < 1.29 is 8.42 Å². The van der Waals surface area contributed by atoms with Crippen molar-refractivity contribution in [2.75, 3.05) is 12.3 Å². The van der Waals surface area contributed by atoms with Gasteiger partial charge in [0.15, 0.2) is 0 Å². The predicted octanol–water partition coefficient (Wildman–Crippen LogP) is 1.55. The van der Waals surface area contributed by atoms with Crippen molar-refractivity contribution in [1.82, 2.24) is 4.72 Å². The molecule has 0 aliphatic rings. The Morgan fingerprint density at radius 3 is 2.36 bits per heavy atom. The molecule has 1 rings (SSSR count). The molecule has 0 saturated carbocycles. The molecule has 0 atom stereocenters. The molecule has 14 heavy (non-hydrogen) atoms. The fraction of sp³-hybridized carbons (Fsp3) is 0.250. The number of sulfonamides is 1. The van der Waals surface area contributed by atoms with E-state index in [9.17, 15) is 8.42 Å². The third kappa shape index (κ3) is 3.16. The zero-order valence-electron chi connectivity index (χ0n) is 7.27. The lowest BCUT2D eigenvalue weighted by atomic mass is 10.4. The summed E-state index contributed by atoms with van der Waals surface area (Å²) in [4.78, 5) is 0.212. The van der Waals surface area contributed by atoms with E-state index in [1.807, 2.05) is 0 Å². The molecule has 0 unspecified atom stereocenters. The largest absolute Gasteiger partial charge is 0.240 e. The van der Waals surface area contributed by atoms with Crippen molar-refractivity contribution in [1.29, 1.82) is 0 Å². The molecule has 0 aliphatic carbocycles. The molecule has 0 fully saturated rings. The first kappa shape index (κ1) is 11.8. The van der Waals surface area contributed by atoms with Crippen LogP contribution in [0, 0.1) is 0 Å². The Morgan fingerprint density at radius 1 is 1.29 bits per heavy atom. The highest BCUT2D eigenvalue weighted by molar-refractivity contribution is 7.89. The van der Waals surface area contributed by atoms with E-state index in [2.05, 4.69) is 17.4 Å². The Bertz CT molecular complexity index is 388. The lowest BCUT2D eigenvalue weighted by Gasteiger charge is -2.04. The highest BCUT2D eigenvalue weighted by Crippen LogP contribution is 2.13. The van der Waals surface area contributed by atoms with Crippen LogP contribution in [0.1, 0.15) is 0 Å². The lowest BCUT2D eigenvalue weighted by molar-refractivity contribution is 0.584. The zero-order valence-corrected chi connectivity index (χ0v) is 9.74. The van der Waals surface area contributed by atoms with Crippen LogP contribution in [0.2, 0.25) is 5.02 Å². The van der Waals surface area contributed by atoms with Crippen LogP contribution in [0.15, 0.2) is 29.2 Å². The molecule has 0 amide bonds. The van der Waals surface area contributed by atoms with Gasteiger partial charge in [-0.05, 0) is 24.3 Å². The van der Waals surface area contributed by atoms with Crippen molar-refractivity contribution in [3.63, 3.8) is 0 Å². The molecule has 1 aromatic carbocycles. The fourth-order valence-electron chi connectivity index (χ4n) is 0.877. The van der Waals surface area contributed by atoms with Gasteiger partial charge < -0.3 is 0 Å². The van der Waals surface area contributed by atoms with E-state index >= 15 is 0 Å². The van der Waals surface area contributed by atoms with Crippen LogP contribution in [0.5, 0.6) is 0 Å². The van der Waals surface area contributed by atoms with Gasteiger partial charge in [-0.25, -0.2) is 13.1 Å². The van der Waals surface area contributed by atoms with Gasteiger partial charge in [0, 0.05) is 17.3 Å². The van der Waals surface area contributed by atoms with Crippen LogP contribution in [0.4, 0.5) is 0 Å². The van der Waals surface area contributed by atoms with E-state index in [1.54, 1.807) is 0 Å². The van der Waals surface area contributed by atoms with Gasteiger partial charge in [-0.15, -0.1) is 0 Å². The molecule has 0 aromatic heterocycles. The summed E-state index contributed by atoms with van der Waals surface area (Å²) in [7, 11) is -3.40. The Morgan fingerprint density at radius 2 is 1.86 bits per heavy atom. The summed E-state index contributed by atoms with van der Waals surface area (Å²) in [6.07, 6.45) is 0. The summed E-state index contributed by atoms with van der Waals surface area (Å²) >= 11 is 9.55. The maximum atomic E-state index is 11.5. The van der Waals surface area contributed by atoms with Crippen LogP contribution in [-0.4, -0.2) is 20.7 Å². The molecule has 78 valence electrons. The number of nitrogens with one attached hydrogen (secondary N) is 1. The van der Waals surface area contributed by atoms with Crippen molar-refractivity contribution in [2.24, 2.45) is 0 Å². The molecule has 0 radical (unpaired) electrons. The summed E-state index contributed by atoms with van der Waals surface area (Å²) in [5, 5.41) is 0.512. The second-order valence-corrected chi connectivity index (χ2v) is 5.23. The van der Waals surface area contributed by atoms with Crippen LogP contribution in [0.3, 0.4) is 0 Å². The SMILES string of the molecule is O=S(=O)(NCCS)c1ccc(Cl)cc1. The standard InChI is InChI=1S/C8H10ClNO2S2/c9-7-1-3-8(4-2-7)14(11,12)10-5-6-13/h1-4,10,13H,5-6H2. The van der Waals surface area contributed by atoms with Crippen molar-refractivity contribution in [2.45, 2.75) is 4.90 Å². The Hall–Kier alpha value is -0.230. The third-order valence-electron chi connectivity index (χ3n) is 1.53. The van der Waals surface area contributed by atoms with Crippen LogP contribution in [-0.2, 0) is 10.0 Å². The van der Waals surface area contributed by atoms with Gasteiger partial charge in [0.2, 0.25) is 10.0 Å². The highest BCUT2D eigenvalue weighted by Gasteiger charge is 2.11. The minimum Gasteiger partial charge on any atom is -0.210 e. The van der Waals surface area contributed by atoms with E-state index in [1.165, 1.54) is 24.3 Å². The van der Waals surface area contributed by atoms with Crippen LogP contribution >= 0.6 is 24.2 Å². The molecule has 0 bridgehead atoms. The van der Waals surface area contributed by atoms with Gasteiger partial charge in [0.05, 0.1) is 4.90 Å². The van der Waals surface area contributed by atoms with Gasteiger partial charge in [-0.1, -0.05) is 11.6 Å². The molecule has 0 spiro atoms. The lowest BCUT2D eigenvalue weighted by Crippen LogP contribution is -2.25. The molecule has 3 nitrogen and oxygen atoms in total. The number of hydrogen-bond acceptors (Lipinski definition) is 3. The maximum absolute atomic E-state index is 11.5. The van der Waals surface area contributed by atoms with Gasteiger partial charge >= 0.3 is 0 Å². The van der Waals surface area contributed by atoms with Gasteiger partial charge in [-0.2, -0.15) is 12.6 Å². The second kappa shape index (κ2) is 5.02. The average molecular weight is 252 g/mol. The second-order valence-electron chi connectivity index (χ2n) is 2.58. The summed E-state index contributed by atoms with van der Waals surface area (Å²) in [5.41, 5.74) is 0. The highest BCUT2D eigenvalue weighted by atomic mass is 35.5. The van der Waals surface area contributed by atoms with Gasteiger partial charge in [0.25, 0.3) is 0 Å². The third-order valence-corrected chi connectivity index (χ3v) is 3.48. The Balaban J connectivity index is 2.87. The average Bonchev–Trinajstić information content (AvgIpc) is 2.16. The first-order valence-electron chi connectivity index (χ1n) is 3.92. The van der Waals surface area contributed by atoms with Crippen LogP contribution in [0.25, 0.3) is 0 Å². The quantitative estimate of drug-likeness (QED) is 0.798. The van der Waals surface area contributed by atoms with E-state index in [-0.39, 0.29) is 4.90 Å². The zero-order chi connectivity index (χ0) is 10.6. The topological polar surface area (TPSA) is 46.2 Å². The molecule has 0 aliphatic heterocycles. The molecule has 1 aromatic rings. The van der Waals surface area contributed by atoms with E-state index in [0.29, 0.717) is 17.3 Å². The van der Waals surface area contributed by atoms with Gasteiger partial charge in [0.1, 0.15) is 0 Å². The summed E-state index contributed by atoms with van der Waals surface area (Å²) < 4.78 is 25.4. The molecule has 0 heterocycles. The molecule has 0 saturated heterocycles. The Labute approximate surface area is 93.9 Å². The minimum atomic E-state index is -3.40. The number of hydrogen-bond donors (Lipinski definition) is 2. The fourth-order valence-corrected chi connectivity index (χ4v) is 2.30. The van der Waals surface area contributed by atoms with Crippen molar-refractivity contribution >= 4 is 34.3 Å². The van der Waals surface area contributed by atoms with E-state index < -0.39 is 10.0 Å². The summed E-state index contributed by atoms with van der Waals surface area (Å²) in [6, 6.07) is 6.00. The first-order valence-corrected chi connectivity index (χ1v) is 6.42. The number of halogens is 1. The van der Waals surface area contributed by atoms with Crippen molar-refractivity contribution in [3.05, 3.63) is 29.3 Å². The minimum absolute atomic E-state index is 0.212. The maximum Gasteiger partial charge on any atom is 0.240 e. The van der Waals surface area contributed by atoms with E-state index in [0.717, 1.165) is 0 Å². The predicted molar refractivity (Wildman–Crippen MR) is 60.5 cm³/mol. The number of rotatable bonds is 4. The monoisotopic (exact) mass is 251 g/mol. The molecule has 6 heteroatoms. The molecular formula is C8H10ClNO2S2. The van der Waals surface area contributed by atoms with Crippen LogP contribution < -0.4 is 4.72 Å². The normalized spacial score (nSPS) is 11.6.